The Bertz CT molecular complexity index is 782. The quantitative estimate of drug-likeness (QED) is 0.672. The number of fused-ring (bicyclic) bond motifs is 1. The smallest absolute Gasteiger partial charge is 0.137 e. The molecule has 2 aromatic carbocycles. The summed E-state index contributed by atoms with van der Waals surface area (Å²) in [6, 6.07) is 13.9. The fraction of sp³-hybridized carbons (Fsp3) is 0.316. The third kappa shape index (κ3) is 3.71. The third-order valence-electron chi connectivity index (χ3n) is 4.02. The molecule has 0 aliphatic carbocycles. The Hall–Kier alpha value is -2.04. The van der Waals surface area contributed by atoms with E-state index in [1.54, 1.807) is 0 Å². The molecular weight excluding hydrogens is 322 g/mol. The average molecular weight is 344 g/mol. The molecule has 3 aromatic rings. The maximum absolute atomic E-state index is 6.32. The molecule has 4 nitrogen and oxygen atoms in total. The van der Waals surface area contributed by atoms with Crippen LogP contribution in [0.3, 0.4) is 0 Å². The maximum atomic E-state index is 6.32. The van der Waals surface area contributed by atoms with Gasteiger partial charge in [0, 0.05) is 12.5 Å². The average Bonchev–Trinajstić information content (AvgIpc) is 3.02. The molecule has 1 atom stereocenters. The van der Waals surface area contributed by atoms with Gasteiger partial charge in [0.25, 0.3) is 0 Å². The molecule has 0 fully saturated rings. The van der Waals surface area contributed by atoms with Crippen molar-refractivity contribution in [2.24, 2.45) is 5.73 Å². The Labute approximate surface area is 147 Å². The van der Waals surface area contributed by atoms with E-state index in [0.29, 0.717) is 18.2 Å². The summed E-state index contributed by atoms with van der Waals surface area (Å²) in [6.45, 7) is 3.26. The number of nitrogens with two attached hydrogens (primary N) is 1. The summed E-state index contributed by atoms with van der Waals surface area (Å²) < 4.78 is 5.62. The zero-order chi connectivity index (χ0) is 16.9. The second kappa shape index (κ2) is 7.69. The molecule has 126 valence electrons. The molecule has 24 heavy (non-hydrogen) atoms. The van der Waals surface area contributed by atoms with Gasteiger partial charge in [0.2, 0.25) is 0 Å². The number of hydrogen-bond donors (Lipinski definition) is 2. The number of para-hydroxylation sites is 2. The van der Waals surface area contributed by atoms with Crippen LogP contribution in [0.1, 0.15) is 30.7 Å². The number of nitrogens with one attached hydrogen (secondary N) is 1. The number of rotatable bonds is 7. The number of benzene rings is 2. The minimum absolute atomic E-state index is 0.121. The van der Waals surface area contributed by atoms with E-state index in [0.717, 1.165) is 41.0 Å². The Kier molecular flexibility index (Phi) is 5.38. The van der Waals surface area contributed by atoms with Crippen molar-refractivity contribution in [3.63, 3.8) is 0 Å². The van der Waals surface area contributed by atoms with Crippen LogP contribution in [0.5, 0.6) is 5.75 Å². The van der Waals surface area contributed by atoms with Crippen LogP contribution >= 0.6 is 11.6 Å². The van der Waals surface area contributed by atoms with Crippen molar-refractivity contribution < 1.29 is 4.74 Å². The molecular formula is C19H22ClN3O. The number of hydrogen-bond acceptors (Lipinski definition) is 3. The van der Waals surface area contributed by atoms with Crippen molar-refractivity contribution in [3.05, 3.63) is 58.9 Å². The summed E-state index contributed by atoms with van der Waals surface area (Å²) in [5.74, 6) is 1.77. The lowest BCUT2D eigenvalue weighted by atomic mass is 9.98. The van der Waals surface area contributed by atoms with E-state index in [1.165, 1.54) is 0 Å². The molecule has 0 amide bonds. The molecule has 3 N–H and O–H groups in total. The molecule has 0 bridgehead atoms. The molecule has 0 saturated heterocycles. The zero-order valence-corrected chi connectivity index (χ0v) is 14.5. The summed E-state index contributed by atoms with van der Waals surface area (Å²) in [5, 5.41) is 0.640. The minimum Gasteiger partial charge on any atom is -0.492 e. The highest BCUT2D eigenvalue weighted by atomic mass is 35.5. The molecule has 3 rings (SSSR count). The van der Waals surface area contributed by atoms with E-state index in [1.807, 2.05) is 42.5 Å². The van der Waals surface area contributed by atoms with Gasteiger partial charge < -0.3 is 15.5 Å². The molecule has 1 heterocycles. The van der Waals surface area contributed by atoms with Crippen molar-refractivity contribution in [1.82, 2.24) is 9.97 Å². The summed E-state index contributed by atoms with van der Waals surface area (Å²) >= 11 is 6.32. The van der Waals surface area contributed by atoms with E-state index in [2.05, 4.69) is 16.9 Å². The van der Waals surface area contributed by atoms with Gasteiger partial charge in [-0.3, -0.25) is 0 Å². The third-order valence-corrected chi connectivity index (χ3v) is 4.31. The van der Waals surface area contributed by atoms with Crippen molar-refractivity contribution in [2.45, 2.75) is 25.7 Å². The lowest BCUT2D eigenvalue weighted by Gasteiger charge is -2.14. The van der Waals surface area contributed by atoms with Crippen LogP contribution in [-0.4, -0.2) is 23.1 Å². The largest absolute Gasteiger partial charge is 0.492 e. The van der Waals surface area contributed by atoms with Crippen LogP contribution in [-0.2, 0) is 6.42 Å². The summed E-state index contributed by atoms with van der Waals surface area (Å²) in [4.78, 5) is 8.04. The van der Waals surface area contributed by atoms with Crippen molar-refractivity contribution in [1.29, 1.82) is 0 Å². The van der Waals surface area contributed by atoms with Crippen molar-refractivity contribution in [2.75, 3.05) is 13.2 Å². The molecule has 0 aliphatic heterocycles. The van der Waals surface area contributed by atoms with Crippen LogP contribution in [0.15, 0.2) is 42.5 Å². The second-order valence-electron chi connectivity index (χ2n) is 5.89. The van der Waals surface area contributed by atoms with Gasteiger partial charge in [0.15, 0.2) is 0 Å². The fourth-order valence-corrected chi connectivity index (χ4v) is 3.00. The van der Waals surface area contributed by atoms with Crippen molar-refractivity contribution >= 4 is 22.6 Å². The normalized spacial score (nSPS) is 12.5. The lowest BCUT2D eigenvalue weighted by Crippen LogP contribution is -2.16. The van der Waals surface area contributed by atoms with Crippen LogP contribution in [0.4, 0.5) is 0 Å². The maximum Gasteiger partial charge on any atom is 0.137 e. The van der Waals surface area contributed by atoms with E-state index < -0.39 is 0 Å². The van der Waals surface area contributed by atoms with E-state index in [4.69, 9.17) is 22.1 Å². The number of halogens is 1. The Morgan fingerprint density at radius 1 is 1.25 bits per heavy atom. The van der Waals surface area contributed by atoms with Crippen LogP contribution in [0.2, 0.25) is 5.02 Å². The van der Waals surface area contributed by atoms with Crippen LogP contribution in [0.25, 0.3) is 11.0 Å². The number of imidazole rings is 1. The van der Waals surface area contributed by atoms with E-state index >= 15 is 0 Å². The highest BCUT2D eigenvalue weighted by Crippen LogP contribution is 2.28. The first-order chi connectivity index (χ1) is 11.7. The highest BCUT2D eigenvalue weighted by Gasteiger charge is 2.16. The van der Waals surface area contributed by atoms with Crippen LogP contribution < -0.4 is 10.5 Å². The standard InChI is InChI=1S/C19H22ClN3O/c1-2-9-24-18-8-7-13(11-15(18)20)10-14(12-21)19-22-16-5-3-4-6-17(16)23-19/h3-8,11,14H,2,9-10,12,21H2,1H3,(H,22,23). The monoisotopic (exact) mass is 343 g/mol. The summed E-state index contributed by atoms with van der Waals surface area (Å²) in [6.07, 6.45) is 1.74. The number of aromatic amines is 1. The summed E-state index contributed by atoms with van der Waals surface area (Å²) in [7, 11) is 0. The highest BCUT2D eigenvalue weighted by molar-refractivity contribution is 6.32. The first-order valence-corrected chi connectivity index (χ1v) is 8.65. The first-order valence-electron chi connectivity index (χ1n) is 8.27. The number of aromatic nitrogens is 2. The van der Waals surface area contributed by atoms with Gasteiger partial charge in [0.1, 0.15) is 11.6 Å². The SMILES string of the molecule is CCCOc1ccc(CC(CN)c2nc3ccccc3[nH]2)cc1Cl. The fourth-order valence-electron chi connectivity index (χ4n) is 2.74. The lowest BCUT2D eigenvalue weighted by molar-refractivity contribution is 0.317. The molecule has 1 aromatic heterocycles. The topological polar surface area (TPSA) is 63.9 Å². The van der Waals surface area contributed by atoms with Crippen molar-refractivity contribution in [3.8, 4) is 5.75 Å². The minimum atomic E-state index is 0.121. The van der Waals surface area contributed by atoms with Gasteiger partial charge in [-0.25, -0.2) is 4.98 Å². The summed E-state index contributed by atoms with van der Waals surface area (Å²) in [5.41, 5.74) is 9.11. The Balaban J connectivity index is 1.78. The molecule has 5 heteroatoms. The van der Waals surface area contributed by atoms with Crippen LogP contribution in [0, 0.1) is 0 Å². The Morgan fingerprint density at radius 3 is 2.79 bits per heavy atom. The Morgan fingerprint density at radius 2 is 2.08 bits per heavy atom. The molecule has 0 spiro atoms. The first kappa shape index (κ1) is 16.8. The molecule has 0 saturated carbocycles. The predicted molar refractivity (Wildman–Crippen MR) is 98.8 cm³/mol. The van der Waals surface area contributed by atoms with Gasteiger partial charge in [-0.05, 0) is 42.7 Å². The van der Waals surface area contributed by atoms with Gasteiger partial charge >= 0.3 is 0 Å². The van der Waals surface area contributed by atoms with E-state index in [9.17, 15) is 0 Å². The molecule has 0 radical (unpaired) electrons. The van der Waals surface area contributed by atoms with E-state index in [-0.39, 0.29) is 5.92 Å². The number of ether oxygens (including phenoxy) is 1. The number of nitrogens with zero attached hydrogens (tertiary/aromatic N) is 1. The number of H-pyrrole nitrogens is 1. The zero-order valence-electron chi connectivity index (χ0n) is 13.8. The molecule has 1 unspecified atom stereocenters. The van der Waals surface area contributed by atoms with Gasteiger partial charge in [-0.2, -0.15) is 0 Å². The second-order valence-corrected chi connectivity index (χ2v) is 6.30. The molecule has 0 aliphatic rings. The van der Waals surface area contributed by atoms with Gasteiger partial charge in [0.05, 0.1) is 22.7 Å². The van der Waals surface area contributed by atoms with Gasteiger partial charge in [-0.1, -0.05) is 36.7 Å². The van der Waals surface area contributed by atoms with Gasteiger partial charge in [-0.15, -0.1) is 0 Å². The predicted octanol–water partition coefficient (Wildman–Crippen LogP) is 4.29.